The molecule has 1 saturated heterocycles. The molecule has 4 rings (SSSR count). The zero-order chi connectivity index (χ0) is 34.7. The molecule has 0 bridgehead atoms. The van der Waals surface area contributed by atoms with Crippen molar-refractivity contribution in [1.82, 2.24) is 20.0 Å². The summed E-state index contributed by atoms with van der Waals surface area (Å²) in [5.74, 6) is -2.70. The quantitative estimate of drug-likeness (QED) is 0.0309. The Balaban J connectivity index is 1.46. The van der Waals surface area contributed by atoms with Gasteiger partial charge in [-0.3, -0.25) is 15.3 Å². The first-order valence-electron chi connectivity index (χ1n) is 13.8. The third-order valence-corrected chi connectivity index (χ3v) is 8.10. The second-order valence-corrected chi connectivity index (χ2v) is 12.6. The van der Waals surface area contributed by atoms with E-state index in [9.17, 15) is 32.5 Å². The van der Waals surface area contributed by atoms with Crippen LogP contribution >= 0.6 is 11.3 Å². The minimum atomic E-state index is -5.27. The molecule has 1 aromatic carbocycles. The van der Waals surface area contributed by atoms with Gasteiger partial charge in [0.2, 0.25) is 10.4 Å². The highest BCUT2D eigenvalue weighted by molar-refractivity contribution is 7.80. The number of hydrogen-bond donors (Lipinski definition) is 5. The van der Waals surface area contributed by atoms with Gasteiger partial charge in [0.1, 0.15) is 31.1 Å². The summed E-state index contributed by atoms with van der Waals surface area (Å²) < 4.78 is 46.5. The summed E-state index contributed by atoms with van der Waals surface area (Å²) >= 11 is 0.947. The monoisotopic (exact) mass is 695 g/mol. The summed E-state index contributed by atoms with van der Waals surface area (Å²) in [6.45, 7) is 3.36. The Kier molecular flexibility index (Phi) is 10.3. The first-order valence-corrected chi connectivity index (χ1v) is 16.0. The van der Waals surface area contributed by atoms with Crippen molar-refractivity contribution in [3.8, 4) is 16.9 Å². The number of aryl methyl sites for hydroxylation is 1. The summed E-state index contributed by atoms with van der Waals surface area (Å²) in [4.78, 5) is 46.8. The summed E-state index contributed by atoms with van der Waals surface area (Å²) in [6, 6.07) is 5.38. The lowest BCUT2D eigenvalue weighted by Crippen LogP contribution is -2.76. The maximum atomic E-state index is 13.2. The molecule has 0 aliphatic carbocycles. The van der Waals surface area contributed by atoms with Crippen LogP contribution in [0.4, 0.5) is 10.9 Å². The van der Waals surface area contributed by atoms with E-state index in [0.717, 1.165) is 28.9 Å². The van der Waals surface area contributed by atoms with E-state index in [1.54, 1.807) is 24.3 Å². The number of ether oxygens (including phenoxy) is 1. The number of nitrogens with one attached hydrogen (secondary N) is 1. The van der Waals surface area contributed by atoms with Crippen molar-refractivity contribution < 1.29 is 51.0 Å². The van der Waals surface area contributed by atoms with E-state index in [0.29, 0.717) is 29.7 Å². The molecule has 2 atom stereocenters. The van der Waals surface area contributed by atoms with Gasteiger partial charge in [-0.1, -0.05) is 17.3 Å². The lowest BCUT2D eigenvalue weighted by atomic mass is 9.84. The number of nitrogen functional groups attached to an aromatic ring is 2. The molecule has 1 aliphatic heterocycles. The second kappa shape index (κ2) is 13.9. The maximum absolute atomic E-state index is 13.2. The van der Waals surface area contributed by atoms with Crippen molar-refractivity contribution in [1.29, 1.82) is 0 Å². The van der Waals surface area contributed by atoms with Gasteiger partial charge in [-0.15, -0.1) is 11.3 Å². The van der Waals surface area contributed by atoms with Gasteiger partial charge >= 0.3 is 11.8 Å². The topological polar surface area (TPSA) is 284 Å². The lowest BCUT2D eigenvalue weighted by molar-refractivity contribution is -0.740. The fraction of sp³-hybridized carbons (Fsp3) is 0.385. The SMILES string of the molecule is C[n+]1c(N)c(-c2ccc(OCC(O/N=C(\C(=O)N[C@@H]3C(=O)N(OS(=O)(=O)[O-])C3(C)C)c3csc(N)n3)C(=O)O)cc2)cn1CCCN. The number of amides is 2. The predicted molar refractivity (Wildman–Crippen MR) is 164 cm³/mol. The summed E-state index contributed by atoms with van der Waals surface area (Å²) in [5, 5.41) is 17.5. The Morgan fingerprint density at radius 2 is 1.96 bits per heavy atom. The average Bonchev–Trinajstić information content (AvgIpc) is 3.56. The van der Waals surface area contributed by atoms with Gasteiger partial charge < -0.3 is 36.0 Å². The largest absolute Gasteiger partial charge is 0.724 e. The number of anilines is 2. The van der Waals surface area contributed by atoms with E-state index in [1.807, 2.05) is 22.6 Å². The number of carbonyl (C=O) groups excluding carboxylic acids is 2. The first-order chi connectivity index (χ1) is 22.0. The van der Waals surface area contributed by atoms with E-state index in [1.165, 1.54) is 19.2 Å². The lowest BCUT2D eigenvalue weighted by Gasteiger charge is -2.51. The van der Waals surface area contributed by atoms with Crippen molar-refractivity contribution in [3.05, 3.63) is 41.5 Å². The van der Waals surface area contributed by atoms with Crippen molar-refractivity contribution in [2.45, 2.75) is 44.5 Å². The summed E-state index contributed by atoms with van der Waals surface area (Å²) in [6.07, 6.45) is 0.978. The Morgan fingerprint density at radius 3 is 2.51 bits per heavy atom. The number of aromatic nitrogens is 3. The number of hydroxylamine groups is 2. The van der Waals surface area contributed by atoms with Gasteiger partial charge in [0.25, 0.3) is 17.9 Å². The van der Waals surface area contributed by atoms with Crippen molar-refractivity contribution >= 4 is 56.2 Å². The van der Waals surface area contributed by atoms with Crippen molar-refractivity contribution in [2.75, 3.05) is 24.6 Å². The fourth-order valence-corrected chi connectivity index (χ4v) is 5.48. The van der Waals surface area contributed by atoms with Crippen LogP contribution in [0.25, 0.3) is 11.1 Å². The van der Waals surface area contributed by atoms with Crippen molar-refractivity contribution in [3.63, 3.8) is 0 Å². The highest BCUT2D eigenvalue weighted by Gasteiger charge is 2.57. The number of carboxylic acid groups (broad SMARTS) is 1. The fourth-order valence-electron chi connectivity index (χ4n) is 4.49. The molecule has 21 heteroatoms. The van der Waals surface area contributed by atoms with Gasteiger partial charge in [0, 0.05) is 5.38 Å². The smallest absolute Gasteiger partial charge is 0.351 e. The third-order valence-electron chi connectivity index (χ3n) is 7.09. The van der Waals surface area contributed by atoms with Crippen LogP contribution in [-0.2, 0) is 47.5 Å². The average molecular weight is 696 g/mol. The molecule has 47 heavy (non-hydrogen) atoms. The molecule has 1 fully saturated rings. The molecule has 254 valence electrons. The minimum Gasteiger partial charge on any atom is -0.724 e. The van der Waals surface area contributed by atoms with Crippen LogP contribution in [0.15, 0.2) is 41.0 Å². The number of β-lactam (4-membered cyclic amide) rings is 1. The Labute approximate surface area is 272 Å². The number of benzene rings is 1. The van der Waals surface area contributed by atoms with Gasteiger partial charge in [0.15, 0.2) is 10.8 Å². The number of carbonyl (C=O) groups is 3. The number of carboxylic acids is 1. The number of nitrogens with two attached hydrogens (primary N) is 3. The van der Waals surface area contributed by atoms with Crippen molar-refractivity contribution in [2.24, 2.45) is 17.9 Å². The molecule has 0 radical (unpaired) electrons. The van der Waals surface area contributed by atoms with Crippen LogP contribution in [-0.4, -0.2) is 87.1 Å². The zero-order valence-electron chi connectivity index (χ0n) is 25.4. The number of nitrogens with zero attached hydrogens (tertiary/aromatic N) is 5. The number of rotatable bonds is 15. The number of aliphatic carboxylic acids is 1. The highest BCUT2D eigenvalue weighted by atomic mass is 32.3. The summed E-state index contributed by atoms with van der Waals surface area (Å²) in [5.41, 5.74) is 17.0. The van der Waals surface area contributed by atoms with E-state index in [4.69, 9.17) is 26.8 Å². The van der Waals surface area contributed by atoms with Gasteiger partial charge in [-0.05, 0) is 44.5 Å². The van der Waals surface area contributed by atoms with Gasteiger partial charge in [0.05, 0.1) is 23.8 Å². The predicted octanol–water partition coefficient (Wildman–Crippen LogP) is -1.30. The maximum Gasteiger partial charge on any atom is 0.351 e. The van der Waals surface area contributed by atoms with E-state index in [-0.39, 0.29) is 10.8 Å². The van der Waals surface area contributed by atoms with Crippen LogP contribution < -0.4 is 31.9 Å². The van der Waals surface area contributed by atoms with Crippen LogP contribution in [0.1, 0.15) is 26.0 Å². The normalized spacial score (nSPS) is 16.8. The molecule has 0 spiro atoms. The van der Waals surface area contributed by atoms with E-state index in [2.05, 4.69) is 19.7 Å². The molecule has 0 saturated carbocycles. The Hall–Kier alpha value is -4.83. The van der Waals surface area contributed by atoms with Crippen LogP contribution in [0, 0.1) is 0 Å². The minimum absolute atomic E-state index is 0.0463. The Morgan fingerprint density at radius 1 is 1.28 bits per heavy atom. The summed E-state index contributed by atoms with van der Waals surface area (Å²) in [7, 11) is -3.44. The molecule has 2 amide bonds. The molecule has 1 aliphatic rings. The third kappa shape index (κ3) is 7.94. The van der Waals surface area contributed by atoms with E-state index < -0.39 is 58.2 Å². The number of thiazole rings is 1. The number of hydrogen-bond acceptors (Lipinski definition) is 15. The highest BCUT2D eigenvalue weighted by Crippen LogP contribution is 2.33. The van der Waals surface area contributed by atoms with Gasteiger partial charge in [-0.25, -0.2) is 22.9 Å². The molecular formula is C26H33N9O10S2. The molecule has 3 heterocycles. The van der Waals surface area contributed by atoms with Gasteiger partial charge in [-0.2, -0.15) is 14.0 Å². The zero-order valence-corrected chi connectivity index (χ0v) is 27.0. The van der Waals surface area contributed by atoms with E-state index >= 15 is 0 Å². The first kappa shape index (κ1) is 35.0. The van der Waals surface area contributed by atoms with Crippen LogP contribution in [0.2, 0.25) is 0 Å². The second-order valence-electron chi connectivity index (χ2n) is 10.7. The Bertz CT molecular complexity index is 1790. The molecule has 19 nitrogen and oxygen atoms in total. The molecule has 3 aromatic rings. The van der Waals surface area contributed by atoms with Crippen LogP contribution in [0.3, 0.4) is 0 Å². The number of oxime groups is 1. The molecule has 2 aromatic heterocycles. The molecular weight excluding hydrogens is 662 g/mol. The molecule has 8 N–H and O–H groups in total. The standard InChI is InChI=1S/C26H33N9O10S2/c1-26(2)20(23(37)35(26)45-47(40,41)42)31-22(36)19(17-13-46-25(29)30-17)32-44-18(24(38)39)12-43-15-7-5-14(6-8-15)16-11-34(10-4-9-27)33(3)21(16)28/h5-8,11,13,18,20,28H,4,9-10,12,27H2,1-3H3,(H5,29,30,31,36,38,39,40,41,42)/b32-19-/t18?,20-/m1/s1. The molecule has 1 unspecified atom stereocenters. The van der Waals surface area contributed by atoms with Crippen LogP contribution in [0.5, 0.6) is 5.75 Å².